The van der Waals surface area contributed by atoms with Gasteiger partial charge in [0.2, 0.25) is 0 Å². The molecule has 5 rings (SSSR count). The molecule has 2 fully saturated rings. The van der Waals surface area contributed by atoms with Crippen molar-refractivity contribution < 1.29 is 4.74 Å². The van der Waals surface area contributed by atoms with Crippen LogP contribution in [0, 0.1) is 11.8 Å². The Kier molecular flexibility index (Phi) is 7.62. The first-order valence-electron chi connectivity index (χ1n) is 13.0. The van der Waals surface area contributed by atoms with Crippen LogP contribution in [0.25, 0.3) is 0 Å². The molecule has 1 heterocycles. The molecular formula is C31H38N2O. The molecular weight excluding hydrogens is 416 g/mol. The van der Waals surface area contributed by atoms with Crippen molar-refractivity contribution in [2.24, 2.45) is 11.8 Å². The Balaban J connectivity index is 1.52. The molecule has 4 unspecified atom stereocenters. The van der Waals surface area contributed by atoms with E-state index in [0.717, 1.165) is 24.8 Å². The number of nitrogens with one attached hydrogen (secondary N) is 2. The Morgan fingerprint density at radius 1 is 0.853 bits per heavy atom. The van der Waals surface area contributed by atoms with Gasteiger partial charge < -0.3 is 15.4 Å². The van der Waals surface area contributed by atoms with Crippen LogP contribution in [0.15, 0.2) is 84.9 Å². The molecule has 0 aromatic heterocycles. The predicted molar refractivity (Wildman–Crippen MR) is 140 cm³/mol. The zero-order valence-corrected chi connectivity index (χ0v) is 20.3. The molecule has 1 saturated carbocycles. The fourth-order valence-electron chi connectivity index (χ4n) is 6.36. The highest BCUT2D eigenvalue weighted by Gasteiger charge is 2.40. The van der Waals surface area contributed by atoms with Crippen LogP contribution in [0.3, 0.4) is 0 Å². The average Bonchev–Trinajstić information content (AvgIpc) is 3.23. The third kappa shape index (κ3) is 5.21. The number of rotatable bonds is 7. The smallest absolute Gasteiger partial charge is 0.123 e. The van der Waals surface area contributed by atoms with E-state index in [1.54, 1.807) is 7.11 Å². The first-order valence-corrected chi connectivity index (χ1v) is 13.0. The highest BCUT2D eigenvalue weighted by Crippen LogP contribution is 2.39. The maximum atomic E-state index is 5.67. The summed E-state index contributed by atoms with van der Waals surface area (Å²) in [5.74, 6) is 2.73. The van der Waals surface area contributed by atoms with Crippen molar-refractivity contribution in [2.75, 3.05) is 13.7 Å². The van der Waals surface area contributed by atoms with Gasteiger partial charge in [-0.15, -0.1) is 0 Å². The average molecular weight is 455 g/mol. The standard InChI is InChI=1S/C31H38N2O/c1-34-28-19-11-10-18-27(28)22-33-30-26-17-9-8-12-23(20-26)21-32-31(30)29(24-13-4-2-5-14-24)25-15-6-3-7-16-25/h2-7,10-11,13-16,18-19,23,26,29-33H,8-9,12,17,20-22H2,1H3. The predicted octanol–water partition coefficient (Wildman–Crippen LogP) is 6.15. The number of fused-ring (bicyclic) bond motifs is 2. The second kappa shape index (κ2) is 11.2. The first-order chi connectivity index (χ1) is 16.8. The molecule has 34 heavy (non-hydrogen) atoms. The van der Waals surface area contributed by atoms with Crippen molar-refractivity contribution in [3.63, 3.8) is 0 Å². The molecule has 0 amide bonds. The summed E-state index contributed by atoms with van der Waals surface area (Å²) in [5.41, 5.74) is 4.02. The van der Waals surface area contributed by atoms with Crippen molar-refractivity contribution >= 4 is 0 Å². The fourth-order valence-corrected chi connectivity index (χ4v) is 6.36. The normalized spacial score (nSPS) is 24.9. The van der Waals surface area contributed by atoms with E-state index in [2.05, 4.69) is 95.6 Å². The van der Waals surface area contributed by atoms with Gasteiger partial charge in [0.05, 0.1) is 7.11 Å². The molecule has 3 nitrogen and oxygen atoms in total. The minimum Gasteiger partial charge on any atom is -0.496 e. The number of ether oxygens (including phenoxy) is 1. The number of hydrogen-bond acceptors (Lipinski definition) is 3. The minimum absolute atomic E-state index is 0.304. The zero-order chi connectivity index (χ0) is 23.2. The maximum Gasteiger partial charge on any atom is 0.123 e. The second-order valence-electron chi connectivity index (χ2n) is 10.1. The van der Waals surface area contributed by atoms with Crippen LogP contribution in [-0.4, -0.2) is 25.7 Å². The lowest BCUT2D eigenvalue weighted by Gasteiger charge is -2.38. The Labute approximate surface area is 204 Å². The van der Waals surface area contributed by atoms with Gasteiger partial charge in [-0.25, -0.2) is 0 Å². The quantitative estimate of drug-likeness (QED) is 0.449. The van der Waals surface area contributed by atoms with Gasteiger partial charge >= 0.3 is 0 Å². The summed E-state index contributed by atoms with van der Waals surface area (Å²) in [6, 6.07) is 31.3. The molecule has 0 spiro atoms. The van der Waals surface area contributed by atoms with Gasteiger partial charge in [-0.2, -0.15) is 0 Å². The van der Waals surface area contributed by atoms with E-state index in [0.29, 0.717) is 23.9 Å². The van der Waals surface area contributed by atoms with E-state index in [9.17, 15) is 0 Å². The Bertz CT molecular complexity index is 982. The Morgan fingerprint density at radius 3 is 2.21 bits per heavy atom. The van der Waals surface area contributed by atoms with E-state index in [-0.39, 0.29) is 0 Å². The summed E-state index contributed by atoms with van der Waals surface area (Å²) >= 11 is 0. The second-order valence-corrected chi connectivity index (χ2v) is 10.1. The molecule has 2 bridgehead atoms. The third-order valence-corrected chi connectivity index (χ3v) is 8.01. The van der Waals surface area contributed by atoms with Crippen LogP contribution in [0.1, 0.15) is 54.7 Å². The van der Waals surface area contributed by atoms with E-state index >= 15 is 0 Å². The molecule has 3 aromatic carbocycles. The summed E-state index contributed by atoms with van der Waals surface area (Å²) in [5, 5.41) is 8.16. The van der Waals surface area contributed by atoms with Crippen LogP contribution in [0.5, 0.6) is 5.75 Å². The molecule has 1 saturated heterocycles. The molecule has 2 N–H and O–H groups in total. The summed E-state index contributed by atoms with van der Waals surface area (Å²) in [7, 11) is 1.77. The summed E-state index contributed by atoms with van der Waals surface area (Å²) < 4.78 is 5.67. The van der Waals surface area contributed by atoms with Crippen LogP contribution in [0.4, 0.5) is 0 Å². The van der Waals surface area contributed by atoms with Crippen LogP contribution in [-0.2, 0) is 6.54 Å². The van der Waals surface area contributed by atoms with Crippen LogP contribution >= 0.6 is 0 Å². The summed E-state index contributed by atoms with van der Waals surface area (Å²) in [4.78, 5) is 0. The van der Waals surface area contributed by atoms with Gasteiger partial charge in [0.25, 0.3) is 0 Å². The number of hydrogen-bond donors (Lipinski definition) is 2. The Hall–Kier alpha value is -2.62. The first kappa shape index (κ1) is 23.1. The van der Waals surface area contributed by atoms with Crippen molar-refractivity contribution in [1.82, 2.24) is 10.6 Å². The maximum absolute atomic E-state index is 5.67. The van der Waals surface area contributed by atoms with E-state index in [1.165, 1.54) is 48.8 Å². The fraction of sp³-hybridized carbons (Fsp3) is 0.419. The van der Waals surface area contributed by atoms with Crippen LogP contribution in [0.2, 0.25) is 0 Å². The molecule has 4 atom stereocenters. The number of benzene rings is 3. The molecule has 3 aromatic rings. The van der Waals surface area contributed by atoms with Crippen molar-refractivity contribution in [3.05, 3.63) is 102 Å². The van der Waals surface area contributed by atoms with E-state index in [1.807, 2.05) is 0 Å². The highest BCUT2D eigenvalue weighted by atomic mass is 16.5. The summed E-state index contributed by atoms with van der Waals surface area (Å²) in [6.45, 7) is 1.94. The van der Waals surface area contributed by atoms with E-state index < -0.39 is 0 Å². The Morgan fingerprint density at radius 2 is 1.50 bits per heavy atom. The van der Waals surface area contributed by atoms with Gasteiger partial charge in [-0.05, 0) is 54.8 Å². The topological polar surface area (TPSA) is 33.3 Å². The lowest BCUT2D eigenvalue weighted by atomic mass is 9.76. The van der Waals surface area contributed by atoms with Gasteiger partial charge in [0, 0.05) is 30.1 Å². The SMILES string of the molecule is COc1ccccc1CNC1C2CCCCC(CNC1C(c1ccccc1)c1ccccc1)C2. The van der Waals surface area contributed by atoms with Gasteiger partial charge in [-0.1, -0.05) is 91.7 Å². The molecule has 1 aliphatic heterocycles. The highest BCUT2D eigenvalue weighted by molar-refractivity contribution is 5.36. The van der Waals surface area contributed by atoms with Crippen molar-refractivity contribution in [1.29, 1.82) is 0 Å². The van der Waals surface area contributed by atoms with Crippen LogP contribution < -0.4 is 15.4 Å². The number of methoxy groups -OCH3 is 1. The molecule has 2 aliphatic rings. The van der Waals surface area contributed by atoms with E-state index in [4.69, 9.17) is 4.74 Å². The molecule has 1 aliphatic carbocycles. The van der Waals surface area contributed by atoms with Gasteiger partial charge in [0.15, 0.2) is 0 Å². The minimum atomic E-state index is 0.304. The zero-order valence-electron chi connectivity index (χ0n) is 20.3. The van der Waals surface area contributed by atoms with Gasteiger partial charge in [0.1, 0.15) is 5.75 Å². The summed E-state index contributed by atoms with van der Waals surface area (Å²) in [6.07, 6.45) is 6.71. The molecule has 178 valence electrons. The molecule has 3 heteroatoms. The lowest BCUT2D eigenvalue weighted by molar-refractivity contribution is 0.258. The van der Waals surface area contributed by atoms with Crippen molar-refractivity contribution in [2.45, 2.75) is 56.7 Å². The van der Waals surface area contributed by atoms with Gasteiger partial charge in [-0.3, -0.25) is 0 Å². The third-order valence-electron chi connectivity index (χ3n) is 8.01. The molecule has 0 radical (unpaired) electrons. The monoisotopic (exact) mass is 454 g/mol. The lowest BCUT2D eigenvalue weighted by Crippen LogP contribution is -2.53. The number of para-hydroxylation sites is 1. The van der Waals surface area contributed by atoms with Crippen molar-refractivity contribution in [3.8, 4) is 5.75 Å². The largest absolute Gasteiger partial charge is 0.496 e.